The van der Waals surface area contributed by atoms with Gasteiger partial charge in [-0.15, -0.1) is 10.2 Å². The van der Waals surface area contributed by atoms with Crippen molar-refractivity contribution in [3.8, 4) is 10.6 Å². The molecule has 6 nitrogen and oxygen atoms in total. The Bertz CT molecular complexity index is 828. The highest BCUT2D eigenvalue weighted by atomic mass is 32.1. The summed E-state index contributed by atoms with van der Waals surface area (Å²) in [6, 6.07) is 7.46. The van der Waals surface area contributed by atoms with Crippen LogP contribution in [0.2, 0.25) is 0 Å². The van der Waals surface area contributed by atoms with Crippen LogP contribution in [0.3, 0.4) is 0 Å². The summed E-state index contributed by atoms with van der Waals surface area (Å²) in [5.74, 6) is -0.164. The Morgan fingerprint density at radius 3 is 2.48 bits per heavy atom. The second kappa shape index (κ2) is 9.96. The van der Waals surface area contributed by atoms with E-state index in [2.05, 4.69) is 20.8 Å². The van der Waals surface area contributed by atoms with Gasteiger partial charge in [0.05, 0.1) is 0 Å². The fourth-order valence-electron chi connectivity index (χ4n) is 3.61. The number of aromatic nitrogens is 2. The van der Waals surface area contributed by atoms with Crippen molar-refractivity contribution in [2.45, 2.75) is 65.3 Å². The molecule has 0 aliphatic heterocycles. The third-order valence-electron chi connectivity index (χ3n) is 5.72. The van der Waals surface area contributed by atoms with E-state index >= 15 is 0 Å². The average molecular weight is 415 g/mol. The molecular formula is C22H30N4O2S. The number of hydrogen-bond donors (Lipinski definition) is 2. The normalized spacial score (nSPS) is 16.8. The lowest BCUT2D eigenvalue weighted by atomic mass is 9.88. The molecule has 1 heterocycles. The van der Waals surface area contributed by atoms with Crippen molar-refractivity contribution >= 4 is 28.3 Å². The third kappa shape index (κ3) is 5.63. The number of carbonyl (C=O) groups is 2. The number of nitrogens with one attached hydrogen (secondary N) is 2. The van der Waals surface area contributed by atoms with Crippen molar-refractivity contribution in [3.63, 3.8) is 0 Å². The zero-order valence-corrected chi connectivity index (χ0v) is 18.2. The first-order valence-electron chi connectivity index (χ1n) is 10.5. The number of hydrogen-bond acceptors (Lipinski definition) is 5. The maximum Gasteiger partial charge on any atom is 0.249 e. The van der Waals surface area contributed by atoms with E-state index in [1.54, 1.807) is 0 Å². The van der Waals surface area contributed by atoms with Gasteiger partial charge in [0.2, 0.25) is 16.9 Å². The maximum atomic E-state index is 12.9. The molecule has 1 aliphatic carbocycles. The largest absolute Gasteiger partial charge is 0.344 e. The first-order valence-corrected chi connectivity index (χ1v) is 11.3. The van der Waals surface area contributed by atoms with Gasteiger partial charge in [-0.25, -0.2) is 0 Å². The first kappa shape index (κ1) is 21.4. The summed E-state index contributed by atoms with van der Waals surface area (Å²) in [6.07, 6.45) is 6.00. The highest BCUT2D eigenvalue weighted by molar-refractivity contribution is 7.18. The molecule has 0 radical (unpaired) electrons. The Balaban J connectivity index is 1.66. The zero-order chi connectivity index (χ0) is 20.8. The number of anilines is 1. The van der Waals surface area contributed by atoms with Crippen molar-refractivity contribution in [3.05, 3.63) is 29.8 Å². The second-order valence-electron chi connectivity index (χ2n) is 7.97. The second-order valence-corrected chi connectivity index (χ2v) is 8.95. The lowest BCUT2D eigenvalue weighted by Crippen LogP contribution is -2.49. The number of benzene rings is 1. The molecule has 1 fully saturated rings. The van der Waals surface area contributed by atoms with Crippen molar-refractivity contribution < 1.29 is 9.59 Å². The molecule has 1 aromatic heterocycles. The fraction of sp³-hybridized carbons (Fsp3) is 0.545. The van der Waals surface area contributed by atoms with Crippen molar-refractivity contribution in [1.82, 2.24) is 15.5 Å². The number of carbonyl (C=O) groups excluding carboxylic acids is 2. The van der Waals surface area contributed by atoms with E-state index in [1.807, 2.05) is 45.0 Å². The van der Waals surface area contributed by atoms with Gasteiger partial charge >= 0.3 is 0 Å². The van der Waals surface area contributed by atoms with Gasteiger partial charge in [0, 0.05) is 11.5 Å². The van der Waals surface area contributed by atoms with E-state index < -0.39 is 6.04 Å². The molecule has 2 N–H and O–H groups in total. The van der Waals surface area contributed by atoms with Crippen molar-refractivity contribution in [2.24, 2.45) is 11.8 Å². The summed E-state index contributed by atoms with van der Waals surface area (Å²) in [4.78, 5) is 25.6. The average Bonchev–Trinajstić information content (AvgIpc) is 3.20. The number of amides is 2. The lowest BCUT2D eigenvalue weighted by Gasteiger charge is -2.27. The Morgan fingerprint density at radius 2 is 1.83 bits per heavy atom. The standard InChI is InChI=1S/C22H30N4O2S/c1-4-15(3)18(23-19(27)16-8-6-5-7-9-16)20(28)24-22-26-25-21(29-22)17-12-10-14(2)11-13-17/h10-13,15-16,18H,4-9H2,1-3H3,(H,23,27)(H,24,26,28). The minimum atomic E-state index is -0.568. The molecule has 2 aromatic rings. The van der Waals surface area contributed by atoms with Gasteiger partial charge in [0.25, 0.3) is 0 Å². The zero-order valence-electron chi connectivity index (χ0n) is 17.4. The van der Waals surface area contributed by atoms with Crippen molar-refractivity contribution in [2.75, 3.05) is 5.32 Å². The van der Waals surface area contributed by atoms with Crippen LogP contribution < -0.4 is 10.6 Å². The summed E-state index contributed by atoms with van der Waals surface area (Å²) in [5.41, 5.74) is 2.15. The highest BCUT2D eigenvalue weighted by Gasteiger charge is 2.30. The molecule has 1 saturated carbocycles. The summed E-state index contributed by atoms with van der Waals surface area (Å²) < 4.78 is 0. The third-order valence-corrected chi connectivity index (χ3v) is 6.61. The van der Waals surface area contributed by atoms with Gasteiger partial charge in [-0.05, 0) is 25.7 Å². The molecule has 0 spiro atoms. The molecule has 1 aliphatic rings. The van der Waals surface area contributed by atoms with Crippen LogP contribution in [0.1, 0.15) is 57.9 Å². The Kier molecular flexibility index (Phi) is 7.36. The van der Waals surface area contributed by atoms with Crippen LogP contribution in [0.15, 0.2) is 24.3 Å². The summed E-state index contributed by atoms with van der Waals surface area (Å²) >= 11 is 1.34. The Labute approximate surface area is 176 Å². The Hall–Kier alpha value is -2.28. The van der Waals surface area contributed by atoms with Crippen LogP contribution in [0.25, 0.3) is 10.6 Å². The summed E-state index contributed by atoms with van der Waals surface area (Å²) in [5, 5.41) is 15.4. The van der Waals surface area contributed by atoms with E-state index in [9.17, 15) is 9.59 Å². The molecule has 2 amide bonds. The van der Waals surface area contributed by atoms with E-state index in [0.717, 1.165) is 42.7 Å². The highest BCUT2D eigenvalue weighted by Crippen LogP contribution is 2.27. The quantitative estimate of drug-likeness (QED) is 0.695. The van der Waals surface area contributed by atoms with E-state index in [-0.39, 0.29) is 23.7 Å². The molecule has 29 heavy (non-hydrogen) atoms. The minimum absolute atomic E-state index is 0.00255. The predicted molar refractivity (Wildman–Crippen MR) is 117 cm³/mol. The number of nitrogens with zero attached hydrogens (tertiary/aromatic N) is 2. The van der Waals surface area contributed by atoms with E-state index in [1.165, 1.54) is 23.3 Å². The topological polar surface area (TPSA) is 84.0 Å². The van der Waals surface area contributed by atoms with Gasteiger partial charge in [-0.3, -0.25) is 14.9 Å². The SMILES string of the molecule is CCC(C)C(NC(=O)C1CCCCC1)C(=O)Nc1nnc(-c2ccc(C)cc2)s1. The van der Waals surface area contributed by atoms with Crippen LogP contribution in [0.4, 0.5) is 5.13 Å². The molecule has 156 valence electrons. The fourth-order valence-corrected chi connectivity index (χ4v) is 4.36. The van der Waals surface area contributed by atoms with Gasteiger partial charge in [0.1, 0.15) is 11.0 Å². The van der Waals surface area contributed by atoms with Gasteiger partial charge in [0.15, 0.2) is 0 Å². The van der Waals surface area contributed by atoms with Crippen LogP contribution in [-0.2, 0) is 9.59 Å². The summed E-state index contributed by atoms with van der Waals surface area (Å²) in [6.45, 7) is 6.05. The van der Waals surface area contributed by atoms with Gasteiger partial charge < -0.3 is 5.32 Å². The van der Waals surface area contributed by atoms with E-state index in [0.29, 0.717) is 5.13 Å². The molecular weight excluding hydrogens is 384 g/mol. The molecule has 2 atom stereocenters. The minimum Gasteiger partial charge on any atom is -0.344 e. The smallest absolute Gasteiger partial charge is 0.249 e. The van der Waals surface area contributed by atoms with Gasteiger partial charge in [-0.2, -0.15) is 0 Å². The van der Waals surface area contributed by atoms with Crippen LogP contribution in [-0.4, -0.2) is 28.1 Å². The maximum absolute atomic E-state index is 12.9. The van der Waals surface area contributed by atoms with Crippen LogP contribution in [0.5, 0.6) is 0 Å². The predicted octanol–water partition coefficient (Wildman–Crippen LogP) is 4.56. The van der Waals surface area contributed by atoms with E-state index in [4.69, 9.17) is 0 Å². The number of aryl methyl sites for hydroxylation is 1. The lowest BCUT2D eigenvalue weighted by molar-refractivity contribution is -0.130. The molecule has 3 rings (SSSR count). The molecule has 0 saturated heterocycles. The molecule has 2 unspecified atom stereocenters. The van der Waals surface area contributed by atoms with Crippen molar-refractivity contribution in [1.29, 1.82) is 0 Å². The van der Waals surface area contributed by atoms with Crippen LogP contribution >= 0.6 is 11.3 Å². The van der Waals surface area contributed by atoms with Crippen LogP contribution in [0, 0.1) is 18.8 Å². The number of rotatable bonds is 7. The monoisotopic (exact) mass is 414 g/mol. The first-order chi connectivity index (χ1) is 14.0. The molecule has 1 aromatic carbocycles. The molecule has 0 bridgehead atoms. The molecule has 7 heteroatoms. The van der Waals surface area contributed by atoms with Gasteiger partial charge in [-0.1, -0.05) is 80.7 Å². The Morgan fingerprint density at radius 1 is 1.14 bits per heavy atom. The summed E-state index contributed by atoms with van der Waals surface area (Å²) in [7, 11) is 0.